The molecule has 0 radical (unpaired) electrons. The summed E-state index contributed by atoms with van der Waals surface area (Å²) in [5, 5.41) is 6.57. The van der Waals surface area contributed by atoms with Gasteiger partial charge in [0, 0.05) is 38.0 Å². The van der Waals surface area contributed by atoms with Crippen molar-refractivity contribution in [3.8, 4) is 5.69 Å². The maximum absolute atomic E-state index is 6.34. The van der Waals surface area contributed by atoms with Gasteiger partial charge in [0.1, 0.15) is 16.8 Å². The van der Waals surface area contributed by atoms with Crippen LogP contribution in [0.4, 0.5) is 5.69 Å². The lowest BCUT2D eigenvalue weighted by atomic mass is 10.0. The zero-order chi connectivity index (χ0) is 27.9. The molecule has 0 fully saturated rings. The first-order valence-electron chi connectivity index (χ1n) is 14.1. The van der Waals surface area contributed by atoms with E-state index in [1.165, 1.54) is 0 Å². The molecular weight excluding hydrogens is 516 g/mol. The van der Waals surface area contributed by atoms with Crippen LogP contribution in [0.2, 0.25) is 0 Å². The highest BCUT2D eigenvalue weighted by atomic mass is 16.3. The van der Waals surface area contributed by atoms with Crippen LogP contribution in [0.15, 0.2) is 119 Å². The van der Waals surface area contributed by atoms with E-state index in [4.69, 9.17) is 9.40 Å². The third kappa shape index (κ3) is 2.92. The summed E-state index contributed by atoms with van der Waals surface area (Å²) < 4.78 is 10.9. The molecule has 5 heteroatoms. The monoisotopic (exact) mass is 540 g/mol. The largest absolute Gasteiger partial charge is 0.456 e. The van der Waals surface area contributed by atoms with Crippen molar-refractivity contribution in [2.24, 2.45) is 4.99 Å². The Morgan fingerprint density at radius 1 is 0.714 bits per heavy atom. The molecule has 9 aromatic rings. The minimum absolute atomic E-state index is 0.838. The fraction of sp³-hybridized carbons (Fsp3) is 0.0270. The van der Waals surface area contributed by atoms with Crippen molar-refractivity contribution in [3.05, 3.63) is 115 Å². The fourth-order valence-corrected chi connectivity index (χ4v) is 6.78. The summed E-state index contributed by atoms with van der Waals surface area (Å²) in [5.41, 5.74) is 9.78. The number of furan rings is 1. The molecule has 0 spiro atoms. The molecule has 42 heavy (non-hydrogen) atoms. The van der Waals surface area contributed by atoms with Crippen molar-refractivity contribution < 1.29 is 4.42 Å². The molecule has 0 aliphatic rings. The lowest BCUT2D eigenvalue weighted by Crippen LogP contribution is -1.96. The summed E-state index contributed by atoms with van der Waals surface area (Å²) in [4.78, 5) is 9.78. The normalized spacial score (nSPS) is 12.4. The minimum Gasteiger partial charge on any atom is -0.456 e. The van der Waals surface area contributed by atoms with Crippen LogP contribution in [-0.4, -0.2) is 20.7 Å². The molecule has 0 atom stereocenters. The first kappa shape index (κ1) is 23.1. The highest BCUT2D eigenvalue weighted by Gasteiger charge is 2.22. The Bertz CT molecular complexity index is 2600. The molecule has 9 rings (SSSR count). The minimum atomic E-state index is 0.838. The van der Waals surface area contributed by atoms with Gasteiger partial charge in [-0.25, -0.2) is 4.98 Å². The number of allylic oxidation sites excluding steroid dienone is 1. The van der Waals surface area contributed by atoms with Crippen LogP contribution in [-0.2, 0) is 0 Å². The second-order valence-electron chi connectivity index (χ2n) is 10.7. The van der Waals surface area contributed by atoms with Gasteiger partial charge in [-0.1, -0.05) is 54.6 Å². The van der Waals surface area contributed by atoms with E-state index < -0.39 is 0 Å². The summed E-state index contributed by atoms with van der Waals surface area (Å²) in [6, 6.07) is 35.9. The number of nitrogens with zero attached hydrogens (tertiary/aromatic N) is 4. The molecule has 0 aliphatic heterocycles. The Labute approximate surface area is 240 Å². The summed E-state index contributed by atoms with van der Waals surface area (Å²) in [6.45, 7) is 6.06. The van der Waals surface area contributed by atoms with Crippen LogP contribution < -0.4 is 0 Å². The Hall–Kier alpha value is -5.68. The van der Waals surface area contributed by atoms with E-state index in [2.05, 4.69) is 112 Å². The molecular formula is C37H24N4O. The van der Waals surface area contributed by atoms with Gasteiger partial charge in [-0.2, -0.15) is 0 Å². The number of para-hydroxylation sites is 4. The maximum atomic E-state index is 6.34. The van der Waals surface area contributed by atoms with Crippen LogP contribution in [0.25, 0.3) is 83.0 Å². The second-order valence-corrected chi connectivity index (χ2v) is 10.7. The Morgan fingerprint density at radius 2 is 1.52 bits per heavy atom. The Kier molecular flexibility index (Phi) is 4.62. The Balaban J connectivity index is 1.58. The number of rotatable bonds is 3. The smallest absolute Gasteiger partial charge is 0.146 e. The summed E-state index contributed by atoms with van der Waals surface area (Å²) in [5.74, 6) is 0. The van der Waals surface area contributed by atoms with Gasteiger partial charge in [-0.15, -0.1) is 0 Å². The molecule has 0 saturated carbocycles. The topological polar surface area (TPSA) is 47.7 Å². The number of fused-ring (bicyclic) bond motifs is 12. The van der Waals surface area contributed by atoms with E-state index in [1.807, 2.05) is 31.2 Å². The van der Waals surface area contributed by atoms with Crippen LogP contribution in [0.3, 0.4) is 0 Å². The number of hydrogen-bond donors (Lipinski definition) is 0. The molecule has 0 aliphatic carbocycles. The predicted molar refractivity (Wildman–Crippen MR) is 176 cm³/mol. The third-order valence-electron chi connectivity index (χ3n) is 8.45. The number of benzene rings is 5. The van der Waals surface area contributed by atoms with Crippen LogP contribution in [0.1, 0.15) is 12.6 Å². The number of pyridine rings is 1. The molecule has 4 aromatic heterocycles. The van der Waals surface area contributed by atoms with Crippen LogP contribution in [0, 0.1) is 0 Å². The number of hydrogen-bond acceptors (Lipinski definition) is 3. The van der Waals surface area contributed by atoms with E-state index >= 15 is 0 Å². The zero-order valence-electron chi connectivity index (χ0n) is 22.9. The molecule has 5 nitrogen and oxygen atoms in total. The van der Waals surface area contributed by atoms with E-state index in [1.54, 1.807) is 0 Å². The van der Waals surface area contributed by atoms with Gasteiger partial charge in [-0.05, 0) is 74.3 Å². The van der Waals surface area contributed by atoms with Gasteiger partial charge in [0.05, 0.1) is 33.4 Å². The molecule has 0 N–H and O–H groups in total. The zero-order valence-corrected chi connectivity index (χ0v) is 22.9. The number of aromatic nitrogens is 3. The predicted octanol–water partition coefficient (Wildman–Crippen LogP) is 10.0. The number of aliphatic imine (C=N–C) groups is 1. The number of imidazole rings is 1. The molecule has 4 heterocycles. The van der Waals surface area contributed by atoms with E-state index in [0.717, 1.165) is 88.3 Å². The van der Waals surface area contributed by atoms with Crippen molar-refractivity contribution in [1.29, 1.82) is 0 Å². The summed E-state index contributed by atoms with van der Waals surface area (Å²) >= 11 is 0. The van der Waals surface area contributed by atoms with Crippen LogP contribution >= 0.6 is 0 Å². The lowest BCUT2D eigenvalue weighted by molar-refractivity contribution is 0.669. The van der Waals surface area contributed by atoms with Crippen molar-refractivity contribution >= 4 is 89.7 Å². The molecule has 5 aromatic carbocycles. The quantitative estimate of drug-likeness (QED) is 0.209. The highest BCUT2D eigenvalue weighted by Crippen LogP contribution is 2.45. The van der Waals surface area contributed by atoms with Crippen molar-refractivity contribution in [2.75, 3.05) is 0 Å². The average molecular weight is 541 g/mol. The Morgan fingerprint density at radius 3 is 2.38 bits per heavy atom. The summed E-state index contributed by atoms with van der Waals surface area (Å²) in [6.07, 6.45) is 4.15. The van der Waals surface area contributed by atoms with Gasteiger partial charge >= 0.3 is 0 Å². The first-order valence-corrected chi connectivity index (χ1v) is 14.1. The standard InChI is InChI=1S/C37H24N4O/c1-3-11-30-36(38-2)24-20-26-31(21-25(24)37-39-27-15-8-9-16-28(27)41(30)37)40(22-12-5-4-6-13-22)29-18-19-33-35(34(26)29)23-14-7-10-17-32(23)42-33/h3-21H,2H2,1H3/b11-3-. The average Bonchev–Trinajstić information content (AvgIpc) is 3.70. The van der Waals surface area contributed by atoms with Gasteiger partial charge < -0.3 is 8.98 Å². The van der Waals surface area contributed by atoms with Gasteiger partial charge in [0.25, 0.3) is 0 Å². The maximum Gasteiger partial charge on any atom is 0.146 e. The van der Waals surface area contributed by atoms with Gasteiger partial charge in [0.2, 0.25) is 0 Å². The van der Waals surface area contributed by atoms with Crippen molar-refractivity contribution in [1.82, 2.24) is 14.0 Å². The van der Waals surface area contributed by atoms with E-state index in [0.29, 0.717) is 0 Å². The van der Waals surface area contributed by atoms with Crippen molar-refractivity contribution in [2.45, 2.75) is 6.92 Å². The highest BCUT2D eigenvalue weighted by molar-refractivity contribution is 6.29. The van der Waals surface area contributed by atoms with Crippen LogP contribution in [0.5, 0.6) is 0 Å². The fourth-order valence-electron chi connectivity index (χ4n) is 6.78. The SMILES string of the molecule is C=Nc1c(/C=C\C)n2c3ccccc3nc2c2cc3c(cc12)c1c2c(ccc1n3-c1ccccc1)oc1ccccc12. The third-order valence-corrected chi connectivity index (χ3v) is 8.45. The molecule has 0 unspecified atom stereocenters. The first-order chi connectivity index (χ1) is 20.8. The van der Waals surface area contributed by atoms with Gasteiger partial charge in [-0.3, -0.25) is 9.39 Å². The summed E-state index contributed by atoms with van der Waals surface area (Å²) in [7, 11) is 0. The van der Waals surface area contributed by atoms with Crippen molar-refractivity contribution in [3.63, 3.8) is 0 Å². The van der Waals surface area contributed by atoms with E-state index in [9.17, 15) is 0 Å². The molecule has 198 valence electrons. The lowest BCUT2D eigenvalue weighted by Gasteiger charge is -2.13. The van der Waals surface area contributed by atoms with E-state index in [-0.39, 0.29) is 0 Å². The molecule has 0 saturated heterocycles. The molecule has 0 bridgehead atoms. The molecule has 0 amide bonds. The van der Waals surface area contributed by atoms with Gasteiger partial charge in [0.15, 0.2) is 0 Å². The second kappa shape index (κ2) is 8.41.